The van der Waals surface area contributed by atoms with E-state index in [1.54, 1.807) is 6.20 Å². The lowest BCUT2D eigenvalue weighted by Crippen LogP contribution is -1.92. The highest BCUT2D eigenvalue weighted by Crippen LogP contribution is 2.22. The highest BCUT2D eigenvalue weighted by Gasteiger charge is 2.06. The summed E-state index contributed by atoms with van der Waals surface area (Å²) >= 11 is 0. The Morgan fingerprint density at radius 1 is 0.889 bits per heavy atom. The molecule has 1 heterocycles. The van der Waals surface area contributed by atoms with Crippen LogP contribution in [0.15, 0.2) is 67.0 Å². The van der Waals surface area contributed by atoms with E-state index in [4.69, 9.17) is 0 Å². The second kappa shape index (κ2) is 4.88. The first-order chi connectivity index (χ1) is 8.93. The van der Waals surface area contributed by atoms with E-state index in [-0.39, 0.29) is 0 Å². The number of rotatable bonds is 3. The van der Waals surface area contributed by atoms with Crippen LogP contribution in [0.4, 0.5) is 0 Å². The first-order valence-corrected chi connectivity index (χ1v) is 6.05. The van der Waals surface area contributed by atoms with Gasteiger partial charge >= 0.3 is 0 Å². The molecule has 0 amide bonds. The Labute approximate surface area is 106 Å². The smallest absolute Gasteiger partial charge is 0.137 e. The van der Waals surface area contributed by atoms with Gasteiger partial charge in [-0.15, -0.1) is 0 Å². The lowest BCUT2D eigenvalue weighted by atomic mass is 9.99. The number of hydrogen-bond acceptors (Lipinski definition) is 1. The predicted molar refractivity (Wildman–Crippen MR) is 73.3 cm³/mol. The van der Waals surface area contributed by atoms with Gasteiger partial charge in [0, 0.05) is 18.0 Å². The number of benzene rings is 2. The number of imidazole rings is 1. The molecule has 0 aliphatic carbocycles. The number of hydrogen-bond donors (Lipinski definition) is 1. The molecule has 1 N–H and O–H groups in total. The molecule has 2 aromatic carbocycles. The van der Waals surface area contributed by atoms with E-state index in [1.165, 1.54) is 16.7 Å². The normalized spacial score (nSPS) is 10.4. The van der Waals surface area contributed by atoms with Crippen LogP contribution >= 0.6 is 0 Å². The van der Waals surface area contributed by atoms with E-state index < -0.39 is 0 Å². The molecule has 0 bridgehead atoms. The van der Waals surface area contributed by atoms with Gasteiger partial charge in [-0.25, -0.2) is 4.98 Å². The van der Waals surface area contributed by atoms with E-state index in [1.807, 2.05) is 18.3 Å². The van der Waals surface area contributed by atoms with Gasteiger partial charge in [0.2, 0.25) is 0 Å². The van der Waals surface area contributed by atoms with Crippen molar-refractivity contribution in [2.45, 2.75) is 6.42 Å². The third-order valence-corrected chi connectivity index (χ3v) is 3.01. The zero-order valence-corrected chi connectivity index (χ0v) is 10.0. The van der Waals surface area contributed by atoms with Crippen molar-refractivity contribution >= 4 is 0 Å². The van der Waals surface area contributed by atoms with Crippen molar-refractivity contribution in [3.63, 3.8) is 0 Å². The predicted octanol–water partition coefficient (Wildman–Crippen LogP) is 3.67. The summed E-state index contributed by atoms with van der Waals surface area (Å²) in [6.07, 6.45) is 4.57. The number of aromatic amines is 1. The van der Waals surface area contributed by atoms with Gasteiger partial charge in [-0.2, -0.15) is 0 Å². The van der Waals surface area contributed by atoms with E-state index in [2.05, 4.69) is 52.4 Å². The molecular formula is C16H14N2. The molecule has 0 unspecified atom stereocenters. The summed E-state index contributed by atoms with van der Waals surface area (Å²) in [5.74, 6) is 0.932. The minimum absolute atomic E-state index is 0.928. The third-order valence-electron chi connectivity index (χ3n) is 3.01. The summed E-state index contributed by atoms with van der Waals surface area (Å²) in [5, 5.41) is 0. The highest BCUT2D eigenvalue weighted by atomic mass is 14.9. The van der Waals surface area contributed by atoms with E-state index in [0.29, 0.717) is 0 Å². The Morgan fingerprint density at radius 2 is 1.67 bits per heavy atom. The van der Waals surface area contributed by atoms with Crippen molar-refractivity contribution in [3.05, 3.63) is 78.1 Å². The van der Waals surface area contributed by atoms with Crippen molar-refractivity contribution in [2.24, 2.45) is 0 Å². The first-order valence-electron chi connectivity index (χ1n) is 6.05. The monoisotopic (exact) mass is 234 g/mol. The maximum Gasteiger partial charge on any atom is 0.137 e. The molecule has 0 saturated heterocycles. The van der Waals surface area contributed by atoms with Gasteiger partial charge in [0.05, 0.1) is 0 Å². The molecule has 2 nitrogen and oxygen atoms in total. The molecule has 0 radical (unpaired) electrons. The zero-order valence-electron chi connectivity index (χ0n) is 10.0. The molecule has 0 atom stereocenters. The topological polar surface area (TPSA) is 28.7 Å². The molecule has 3 rings (SSSR count). The molecule has 1 aromatic heterocycles. The number of aromatic nitrogens is 2. The van der Waals surface area contributed by atoms with Gasteiger partial charge in [-0.05, 0) is 17.5 Å². The highest BCUT2D eigenvalue weighted by molar-refractivity contribution is 5.60. The summed E-state index contributed by atoms with van der Waals surface area (Å²) in [4.78, 5) is 7.50. The fourth-order valence-electron chi connectivity index (χ4n) is 2.13. The standard InChI is InChI=1S/C16H14N2/c1-2-6-13(7-3-1)12-14-8-4-5-9-15(14)16-17-10-11-18-16/h1-11H,12H2,(H,17,18). The largest absolute Gasteiger partial charge is 0.345 e. The summed E-state index contributed by atoms with van der Waals surface area (Å²) in [7, 11) is 0. The van der Waals surface area contributed by atoms with Crippen LogP contribution in [0, 0.1) is 0 Å². The van der Waals surface area contributed by atoms with Gasteiger partial charge < -0.3 is 4.98 Å². The van der Waals surface area contributed by atoms with Gasteiger partial charge in [0.15, 0.2) is 0 Å². The van der Waals surface area contributed by atoms with Crippen molar-refractivity contribution < 1.29 is 0 Å². The fourth-order valence-corrected chi connectivity index (χ4v) is 2.13. The van der Waals surface area contributed by atoms with Gasteiger partial charge in [0.1, 0.15) is 5.82 Å². The van der Waals surface area contributed by atoms with E-state index in [9.17, 15) is 0 Å². The fraction of sp³-hybridized carbons (Fsp3) is 0.0625. The molecule has 88 valence electrons. The summed E-state index contributed by atoms with van der Waals surface area (Å²) < 4.78 is 0. The van der Waals surface area contributed by atoms with Crippen LogP contribution in [0.25, 0.3) is 11.4 Å². The second-order valence-electron chi connectivity index (χ2n) is 4.26. The zero-order chi connectivity index (χ0) is 12.2. The number of nitrogens with one attached hydrogen (secondary N) is 1. The van der Waals surface area contributed by atoms with Crippen molar-refractivity contribution in [1.29, 1.82) is 0 Å². The molecule has 0 aliphatic rings. The second-order valence-corrected chi connectivity index (χ2v) is 4.26. The first kappa shape index (κ1) is 10.8. The minimum Gasteiger partial charge on any atom is -0.345 e. The van der Waals surface area contributed by atoms with Crippen LogP contribution < -0.4 is 0 Å². The molecular weight excluding hydrogens is 220 g/mol. The summed E-state index contributed by atoms with van der Waals surface area (Å²) in [6.45, 7) is 0. The minimum atomic E-state index is 0.928. The molecule has 0 aliphatic heterocycles. The molecule has 18 heavy (non-hydrogen) atoms. The Morgan fingerprint density at radius 3 is 2.44 bits per heavy atom. The molecule has 2 heteroatoms. The van der Waals surface area contributed by atoms with Crippen molar-refractivity contribution in [2.75, 3.05) is 0 Å². The number of H-pyrrole nitrogens is 1. The van der Waals surface area contributed by atoms with Crippen molar-refractivity contribution in [3.8, 4) is 11.4 Å². The van der Waals surface area contributed by atoms with Gasteiger partial charge in [0.25, 0.3) is 0 Å². The maximum absolute atomic E-state index is 4.33. The Bertz CT molecular complexity index is 613. The Hall–Kier alpha value is -2.35. The molecule has 0 fully saturated rings. The van der Waals surface area contributed by atoms with Crippen LogP contribution in [0.1, 0.15) is 11.1 Å². The molecule has 0 spiro atoms. The van der Waals surface area contributed by atoms with Crippen LogP contribution in [-0.2, 0) is 6.42 Å². The van der Waals surface area contributed by atoms with Crippen LogP contribution in [0.3, 0.4) is 0 Å². The van der Waals surface area contributed by atoms with E-state index in [0.717, 1.165) is 12.2 Å². The summed E-state index contributed by atoms with van der Waals surface area (Å²) in [5.41, 5.74) is 3.78. The maximum atomic E-state index is 4.33. The van der Waals surface area contributed by atoms with Crippen LogP contribution in [0.2, 0.25) is 0 Å². The molecule has 0 saturated carbocycles. The lowest BCUT2D eigenvalue weighted by Gasteiger charge is -2.07. The average molecular weight is 234 g/mol. The molecule has 3 aromatic rings. The lowest BCUT2D eigenvalue weighted by molar-refractivity contribution is 1.17. The van der Waals surface area contributed by atoms with Gasteiger partial charge in [-0.3, -0.25) is 0 Å². The average Bonchev–Trinajstić information content (AvgIpc) is 2.94. The van der Waals surface area contributed by atoms with Gasteiger partial charge in [-0.1, -0.05) is 54.6 Å². The van der Waals surface area contributed by atoms with Crippen molar-refractivity contribution in [1.82, 2.24) is 9.97 Å². The summed E-state index contributed by atoms with van der Waals surface area (Å²) in [6, 6.07) is 18.9. The quantitative estimate of drug-likeness (QED) is 0.736. The van der Waals surface area contributed by atoms with E-state index >= 15 is 0 Å². The SMILES string of the molecule is c1ccc(Cc2ccccc2-c2ncc[nH]2)cc1. The number of nitrogens with zero attached hydrogens (tertiary/aromatic N) is 1. The van der Waals surface area contributed by atoms with Crippen LogP contribution in [-0.4, -0.2) is 9.97 Å². The third kappa shape index (κ3) is 2.18. The Kier molecular flexibility index (Phi) is 2.92. The van der Waals surface area contributed by atoms with Crippen LogP contribution in [0.5, 0.6) is 0 Å². The Balaban J connectivity index is 1.98.